The van der Waals surface area contributed by atoms with Crippen LogP contribution in [0.2, 0.25) is 5.02 Å². The summed E-state index contributed by atoms with van der Waals surface area (Å²) < 4.78 is 27.2. The van der Waals surface area contributed by atoms with Crippen LogP contribution in [0.25, 0.3) is 0 Å². The van der Waals surface area contributed by atoms with E-state index in [2.05, 4.69) is 15.6 Å². The molecule has 32 heavy (non-hydrogen) atoms. The van der Waals surface area contributed by atoms with Crippen molar-refractivity contribution in [2.24, 2.45) is 0 Å². The minimum Gasteiger partial charge on any atom is -0.280 e. The van der Waals surface area contributed by atoms with Crippen molar-refractivity contribution in [3.63, 3.8) is 0 Å². The van der Waals surface area contributed by atoms with Gasteiger partial charge in [0.1, 0.15) is 0 Å². The van der Waals surface area contributed by atoms with Crippen LogP contribution in [0.15, 0.2) is 77.7 Å². The lowest BCUT2D eigenvalue weighted by atomic mass is 10.2. The molecule has 0 spiro atoms. The Bertz CT molecular complexity index is 1280. The number of nitrogens with one attached hydrogen (secondary N) is 3. The number of rotatable bonds is 6. The third-order valence-corrected chi connectivity index (χ3v) is 5.76. The first-order chi connectivity index (χ1) is 15.2. The molecule has 0 heterocycles. The molecule has 3 aromatic rings. The van der Waals surface area contributed by atoms with Gasteiger partial charge in [-0.2, -0.15) is 0 Å². The fourth-order valence-electron chi connectivity index (χ4n) is 2.53. The number of carbonyl (C=O) groups excluding carboxylic acids is 2. The Morgan fingerprint density at radius 1 is 0.844 bits per heavy atom. The molecule has 0 unspecified atom stereocenters. The van der Waals surface area contributed by atoms with Crippen molar-refractivity contribution in [2.45, 2.75) is 4.90 Å². The van der Waals surface area contributed by atoms with Crippen LogP contribution in [0.5, 0.6) is 0 Å². The van der Waals surface area contributed by atoms with Crippen molar-refractivity contribution in [1.82, 2.24) is 10.9 Å². The monoisotopic (exact) mass is 474 g/mol. The predicted octanol–water partition coefficient (Wildman–Crippen LogP) is 3.12. The van der Waals surface area contributed by atoms with Crippen molar-refractivity contribution >= 4 is 44.8 Å². The number of hydrogen-bond acceptors (Lipinski definition) is 6. The van der Waals surface area contributed by atoms with Crippen molar-refractivity contribution in [2.75, 3.05) is 4.72 Å². The highest BCUT2D eigenvalue weighted by Crippen LogP contribution is 2.20. The molecule has 0 saturated carbocycles. The largest absolute Gasteiger partial charge is 0.280 e. The molecule has 0 radical (unpaired) electrons. The fraction of sp³-hybridized carbons (Fsp3) is 0. The molecule has 3 N–H and O–H groups in total. The Morgan fingerprint density at radius 3 is 1.91 bits per heavy atom. The highest BCUT2D eigenvalue weighted by Gasteiger charge is 2.18. The number of hydrogen-bond donors (Lipinski definition) is 3. The molecule has 0 aliphatic carbocycles. The van der Waals surface area contributed by atoms with Gasteiger partial charge >= 0.3 is 0 Å². The van der Waals surface area contributed by atoms with Gasteiger partial charge in [0.05, 0.1) is 9.82 Å². The number of nitrogens with zero attached hydrogens (tertiary/aromatic N) is 1. The van der Waals surface area contributed by atoms with Gasteiger partial charge in [-0.3, -0.25) is 35.3 Å². The first-order valence-corrected chi connectivity index (χ1v) is 10.8. The molecule has 0 aliphatic heterocycles. The van der Waals surface area contributed by atoms with E-state index in [0.717, 1.165) is 6.07 Å². The first kappa shape index (κ1) is 22.7. The SMILES string of the molecule is O=C(NNC(=O)c1ccc(NS(=O)(=O)c2cccc([N+](=O)[O-])c2)cc1)c1ccc(Cl)cc1. The lowest BCUT2D eigenvalue weighted by molar-refractivity contribution is -0.385. The van der Waals surface area contributed by atoms with Crippen LogP contribution in [-0.4, -0.2) is 25.2 Å². The molecule has 0 fully saturated rings. The van der Waals surface area contributed by atoms with E-state index in [1.807, 2.05) is 0 Å². The number of hydrazine groups is 1. The number of nitro benzene ring substituents is 1. The van der Waals surface area contributed by atoms with Gasteiger partial charge in [-0.05, 0) is 54.6 Å². The Balaban J connectivity index is 1.63. The number of halogens is 1. The van der Waals surface area contributed by atoms with Crippen molar-refractivity contribution in [1.29, 1.82) is 0 Å². The smallest absolute Gasteiger partial charge is 0.270 e. The molecular formula is C20H15ClN4O6S. The number of non-ortho nitro benzene ring substituents is 1. The third-order valence-electron chi connectivity index (χ3n) is 4.13. The van der Waals surface area contributed by atoms with Gasteiger partial charge in [-0.15, -0.1) is 0 Å². The maximum absolute atomic E-state index is 12.5. The number of amides is 2. The van der Waals surface area contributed by atoms with Crippen molar-refractivity contribution in [3.05, 3.63) is 99.1 Å². The van der Waals surface area contributed by atoms with Crippen molar-refractivity contribution < 1.29 is 22.9 Å². The van der Waals surface area contributed by atoms with E-state index in [1.165, 1.54) is 66.7 Å². The van der Waals surface area contributed by atoms with Crippen LogP contribution >= 0.6 is 11.6 Å². The second kappa shape index (κ2) is 9.45. The maximum Gasteiger partial charge on any atom is 0.270 e. The average Bonchev–Trinajstić information content (AvgIpc) is 2.78. The van der Waals surface area contributed by atoms with E-state index in [-0.39, 0.29) is 21.8 Å². The molecule has 3 aromatic carbocycles. The lowest BCUT2D eigenvalue weighted by Crippen LogP contribution is -2.41. The summed E-state index contributed by atoms with van der Waals surface area (Å²) >= 11 is 5.76. The molecule has 0 atom stereocenters. The highest BCUT2D eigenvalue weighted by molar-refractivity contribution is 7.92. The van der Waals surface area contributed by atoms with Gasteiger partial charge in [0, 0.05) is 34.0 Å². The molecule has 12 heteroatoms. The summed E-state index contributed by atoms with van der Waals surface area (Å²) in [6, 6.07) is 16.0. The van der Waals surface area contributed by atoms with E-state index < -0.39 is 26.8 Å². The fourth-order valence-corrected chi connectivity index (χ4v) is 3.75. The topological polar surface area (TPSA) is 148 Å². The molecule has 0 saturated heterocycles. The molecule has 3 rings (SSSR count). The van der Waals surface area contributed by atoms with Gasteiger partial charge in [-0.25, -0.2) is 8.42 Å². The van der Waals surface area contributed by atoms with Gasteiger partial charge in [0.25, 0.3) is 27.5 Å². The maximum atomic E-state index is 12.5. The van der Waals surface area contributed by atoms with Crippen LogP contribution in [0.3, 0.4) is 0 Å². The lowest BCUT2D eigenvalue weighted by Gasteiger charge is -2.10. The number of sulfonamides is 1. The highest BCUT2D eigenvalue weighted by atomic mass is 35.5. The van der Waals surface area contributed by atoms with Crippen LogP contribution in [0.1, 0.15) is 20.7 Å². The zero-order valence-electron chi connectivity index (χ0n) is 16.1. The van der Waals surface area contributed by atoms with Gasteiger partial charge in [0.15, 0.2) is 0 Å². The average molecular weight is 475 g/mol. The van der Waals surface area contributed by atoms with Gasteiger partial charge in [0.2, 0.25) is 0 Å². The predicted molar refractivity (Wildman–Crippen MR) is 117 cm³/mol. The number of anilines is 1. The summed E-state index contributed by atoms with van der Waals surface area (Å²) in [4.78, 5) is 34.1. The minimum atomic E-state index is -4.08. The normalized spacial score (nSPS) is 10.8. The number of benzene rings is 3. The molecular weight excluding hydrogens is 460 g/mol. The second-order valence-electron chi connectivity index (χ2n) is 6.35. The van der Waals surface area contributed by atoms with Crippen LogP contribution < -0.4 is 15.6 Å². The van der Waals surface area contributed by atoms with Crippen LogP contribution in [0.4, 0.5) is 11.4 Å². The molecule has 0 aromatic heterocycles. The van der Waals surface area contributed by atoms with Crippen LogP contribution in [0, 0.1) is 10.1 Å². The number of carbonyl (C=O) groups is 2. The standard InChI is InChI=1S/C20H15ClN4O6S/c21-15-8-4-13(5-9-15)19(26)22-23-20(27)14-6-10-16(11-7-14)24-32(30,31)18-3-1-2-17(12-18)25(28)29/h1-12,24H,(H,22,26)(H,23,27). The van der Waals surface area contributed by atoms with E-state index in [1.54, 1.807) is 0 Å². The van der Waals surface area contributed by atoms with Crippen LogP contribution in [-0.2, 0) is 10.0 Å². The zero-order chi connectivity index (χ0) is 23.3. The molecule has 10 nitrogen and oxygen atoms in total. The quantitative estimate of drug-likeness (QED) is 0.369. The second-order valence-corrected chi connectivity index (χ2v) is 8.47. The van der Waals surface area contributed by atoms with Gasteiger partial charge < -0.3 is 0 Å². The zero-order valence-corrected chi connectivity index (χ0v) is 17.7. The van der Waals surface area contributed by atoms with E-state index >= 15 is 0 Å². The third kappa shape index (κ3) is 5.59. The molecule has 2 amide bonds. The molecule has 0 bridgehead atoms. The summed E-state index contributed by atoms with van der Waals surface area (Å²) in [6.07, 6.45) is 0. The van der Waals surface area contributed by atoms with E-state index in [4.69, 9.17) is 11.6 Å². The number of nitro groups is 1. The molecule has 164 valence electrons. The van der Waals surface area contributed by atoms with E-state index in [0.29, 0.717) is 10.6 Å². The Labute approximate surface area is 187 Å². The first-order valence-electron chi connectivity index (χ1n) is 8.89. The minimum absolute atomic E-state index is 0.137. The summed E-state index contributed by atoms with van der Waals surface area (Å²) in [5.41, 5.74) is 4.73. The Morgan fingerprint density at radius 2 is 1.38 bits per heavy atom. The Hall–Kier alpha value is -3.96. The summed E-state index contributed by atoms with van der Waals surface area (Å²) in [5.74, 6) is -1.17. The van der Waals surface area contributed by atoms with Gasteiger partial charge in [-0.1, -0.05) is 17.7 Å². The molecule has 0 aliphatic rings. The summed E-state index contributed by atoms with van der Waals surface area (Å²) in [7, 11) is -4.08. The summed E-state index contributed by atoms with van der Waals surface area (Å²) in [6.45, 7) is 0. The Kier molecular flexibility index (Phi) is 6.71. The summed E-state index contributed by atoms with van der Waals surface area (Å²) in [5, 5.41) is 11.3. The van der Waals surface area contributed by atoms with Crippen molar-refractivity contribution in [3.8, 4) is 0 Å². The van der Waals surface area contributed by atoms with E-state index in [9.17, 15) is 28.1 Å².